The normalized spacial score (nSPS) is 13.6. The predicted molar refractivity (Wildman–Crippen MR) is 139 cm³/mol. The molecule has 43 heavy (non-hydrogen) atoms. The van der Waals surface area contributed by atoms with Crippen molar-refractivity contribution in [2.24, 2.45) is 5.73 Å². The van der Waals surface area contributed by atoms with Crippen molar-refractivity contribution in [3.63, 3.8) is 0 Å². The predicted octanol–water partition coefficient (Wildman–Crippen LogP) is 4.71. The monoisotopic (exact) mass is 601 g/mol. The number of pyridine rings is 1. The summed E-state index contributed by atoms with van der Waals surface area (Å²) in [6, 6.07) is 8.13. The first-order valence-electron chi connectivity index (χ1n) is 12.8. The van der Waals surface area contributed by atoms with Crippen LogP contribution in [0.2, 0.25) is 0 Å². The first-order valence-corrected chi connectivity index (χ1v) is 12.8. The number of carbonyl (C=O) groups is 3. The minimum atomic E-state index is -4.85. The number of benzene rings is 2. The van der Waals surface area contributed by atoms with E-state index in [1.807, 2.05) is 0 Å². The van der Waals surface area contributed by atoms with Gasteiger partial charge in [0.2, 0.25) is 5.91 Å². The average molecular weight is 602 g/mol. The van der Waals surface area contributed by atoms with Crippen molar-refractivity contribution in [1.29, 1.82) is 0 Å². The number of Topliss-reactive ketones (excluding diaryl/α,β-unsaturated/α-hetero) is 1. The third-order valence-electron chi connectivity index (χ3n) is 6.93. The first kappa shape index (κ1) is 29.5. The van der Waals surface area contributed by atoms with E-state index in [0.29, 0.717) is 21.9 Å². The van der Waals surface area contributed by atoms with Gasteiger partial charge in [-0.15, -0.1) is 0 Å². The fraction of sp³-hybridized carbons (Fsp3) is 0.207. The molecule has 222 valence electrons. The quantitative estimate of drug-likeness (QED) is 0.284. The van der Waals surface area contributed by atoms with Crippen LogP contribution in [0.4, 0.5) is 26.3 Å². The number of nitrogens with two attached hydrogens (primary N) is 1. The maximum absolute atomic E-state index is 14.2. The lowest BCUT2D eigenvalue weighted by molar-refractivity contribution is -0.142. The Morgan fingerprint density at radius 3 is 2.42 bits per heavy atom. The van der Waals surface area contributed by atoms with Crippen molar-refractivity contribution in [2.75, 3.05) is 0 Å². The van der Waals surface area contributed by atoms with Gasteiger partial charge in [0.1, 0.15) is 29.7 Å². The molecule has 0 saturated heterocycles. The molecule has 2 aromatic heterocycles. The standard InChI is InChI=1S/C29H21F6N5O3/c30-16-8-15(9-17(31)11-16)22(12-23-18(2-1-7-37-23)14-3-5-21(32)20(10-14)28(36)43)38-25(42)13-40-26-19(4-6-24(26)41)27(39-40)29(33,34)35/h1-3,5,7-11,22H,4,6,12-13H2,(H2,36,43)(H,38,42). The van der Waals surface area contributed by atoms with E-state index >= 15 is 0 Å². The van der Waals surface area contributed by atoms with Crippen LogP contribution in [0.25, 0.3) is 11.1 Å². The summed E-state index contributed by atoms with van der Waals surface area (Å²) in [7, 11) is 0. The largest absolute Gasteiger partial charge is 0.435 e. The van der Waals surface area contributed by atoms with E-state index in [4.69, 9.17) is 5.73 Å². The molecule has 3 N–H and O–H groups in total. The van der Waals surface area contributed by atoms with Crippen molar-refractivity contribution < 1.29 is 40.7 Å². The molecule has 2 aromatic carbocycles. The van der Waals surface area contributed by atoms with Crippen LogP contribution in [0.3, 0.4) is 0 Å². The molecule has 5 rings (SSSR count). The lowest BCUT2D eigenvalue weighted by Crippen LogP contribution is -2.34. The molecular formula is C29H21F6N5O3. The minimum absolute atomic E-state index is 0.0304. The molecule has 0 bridgehead atoms. The number of hydrogen-bond donors (Lipinski definition) is 2. The molecule has 0 saturated carbocycles. The highest BCUT2D eigenvalue weighted by molar-refractivity contribution is 5.99. The number of alkyl halides is 3. The van der Waals surface area contributed by atoms with Gasteiger partial charge in [-0.05, 0) is 47.9 Å². The molecule has 2 heterocycles. The van der Waals surface area contributed by atoms with Crippen LogP contribution in [0.1, 0.15) is 55.8 Å². The smallest absolute Gasteiger partial charge is 0.366 e. The zero-order chi connectivity index (χ0) is 31.1. The van der Waals surface area contributed by atoms with Crippen LogP contribution in [0, 0.1) is 17.5 Å². The van der Waals surface area contributed by atoms with Crippen molar-refractivity contribution in [3.05, 3.63) is 106 Å². The van der Waals surface area contributed by atoms with E-state index < -0.39 is 59.5 Å². The Kier molecular flexibility index (Phi) is 7.78. The van der Waals surface area contributed by atoms with Crippen LogP contribution in [-0.4, -0.2) is 32.4 Å². The molecule has 14 heteroatoms. The van der Waals surface area contributed by atoms with Gasteiger partial charge >= 0.3 is 6.18 Å². The Morgan fingerprint density at radius 1 is 1.02 bits per heavy atom. The summed E-state index contributed by atoms with van der Waals surface area (Å²) in [4.78, 5) is 41.5. The Hall–Kier alpha value is -5.01. The molecular weight excluding hydrogens is 580 g/mol. The van der Waals surface area contributed by atoms with Crippen molar-refractivity contribution in [1.82, 2.24) is 20.1 Å². The first-order chi connectivity index (χ1) is 20.3. The lowest BCUT2D eigenvalue weighted by Gasteiger charge is -2.21. The van der Waals surface area contributed by atoms with E-state index in [1.165, 1.54) is 18.3 Å². The second-order valence-electron chi connectivity index (χ2n) is 9.84. The van der Waals surface area contributed by atoms with Gasteiger partial charge in [-0.1, -0.05) is 12.1 Å². The number of primary amides is 1. The van der Waals surface area contributed by atoms with E-state index in [-0.39, 0.29) is 47.3 Å². The molecule has 0 fully saturated rings. The number of nitrogens with one attached hydrogen (secondary N) is 1. The zero-order valence-electron chi connectivity index (χ0n) is 22.0. The maximum atomic E-state index is 14.2. The van der Waals surface area contributed by atoms with Gasteiger partial charge in [-0.3, -0.25) is 24.0 Å². The van der Waals surface area contributed by atoms with Gasteiger partial charge in [0.25, 0.3) is 5.91 Å². The highest BCUT2D eigenvalue weighted by Gasteiger charge is 2.42. The van der Waals surface area contributed by atoms with Crippen LogP contribution in [0.5, 0.6) is 0 Å². The number of carbonyl (C=O) groups excluding carboxylic acids is 3. The maximum Gasteiger partial charge on any atom is 0.435 e. The molecule has 0 aliphatic heterocycles. The topological polar surface area (TPSA) is 120 Å². The number of halogens is 6. The highest BCUT2D eigenvalue weighted by atomic mass is 19.4. The van der Waals surface area contributed by atoms with Crippen molar-refractivity contribution >= 4 is 17.6 Å². The van der Waals surface area contributed by atoms with Gasteiger partial charge in [0.05, 0.1) is 17.3 Å². The van der Waals surface area contributed by atoms with Crippen LogP contribution in [0.15, 0.2) is 54.7 Å². The zero-order valence-corrected chi connectivity index (χ0v) is 22.0. The molecule has 1 aliphatic rings. The Morgan fingerprint density at radius 2 is 1.74 bits per heavy atom. The molecule has 4 aromatic rings. The molecule has 0 spiro atoms. The molecule has 1 aliphatic carbocycles. The molecule has 1 atom stereocenters. The number of rotatable bonds is 8. The van der Waals surface area contributed by atoms with Crippen molar-refractivity contribution in [2.45, 2.75) is 38.0 Å². The van der Waals surface area contributed by atoms with E-state index in [9.17, 15) is 40.7 Å². The van der Waals surface area contributed by atoms with Gasteiger partial charge in [-0.2, -0.15) is 18.3 Å². The number of nitrogens with zero attached hydrogens (tertiary/aromatic N) is 3. The third-order valence-corrected chi connectivity index (χ3v) is 6.93. The summed E-state index contributed by atoms with van der Waals surface area (Å²) in [5.41, 5.74) is 3.97. The third kappa shape index (κ3) is 6.12. The number of ketones is 1. The van der Waals surface area contributed by atoms with Crippen LogP contribution >= 0.6 is 0 Å². The summed E-state index contributed by atoms with van der Waals surface area (Å²) in [6.45, 7) is -0.784. The summed E-state index contributed by atoms with van der Waals surface area (Å²) in [6.07, 6.45) is -3.97. The Labute approximate surface area is 239 Å². The highest BCUT2D eigenvalue weighted by Crippen LogP contribution is 2.36. The molecule has 2 amide bonds. The summed E-state index contributed by atoms with van der Waals surface area (Å²) >= 11 is 0. The van der Waals surface area contributed by atoms with Gasteiger partial charge in [0, 0.05) is 36.2 Å². The van der Waals surface area contributed by atoms with E-state index in [0.717, 1.165) is 18.2 Å². The van der Waals surface area contributed by atoms with Crippen LogP contribution < -0.4 is 11.1 Å². The molecule has 1 unspecified atom stereocenters. The van der Waals surface area contributed by atoms with Gasteiger partial charge in [-0.25, -0.2) is 13.2 Å². The lowest BCUT2D eigenvalue weighted by atomic mass is 9.95. The Balaban J connectivity index is 1.49. The number of amides is 2. The summed E-state index contributed by atoms with van der Waals surface area (Å²) in [5.74, 6) is -5.26. The number of fused-ring (bicyclic) bond motifs is 1. The summed E-state index contributed by atoms with van der Waals surface area (Å²) < 4.78 is 83.8. The minimum Gasteiger partial charge on any atom is -0.366 e. The van der Waals surface area contributed by atoms with Gasteiger partial charge in [0.15, 0.2) is 11.5 Å². The van der Waals surface area contributed by atoms with E-state index in [2.05, 4.69) is 15.4 Å². The summed E-state index contributed by atoms with van der Waals surface area (Å²) in [5, 5.41) is 6.03. The fourth-order valence-corrected chi connectivity index (χ4v) is 5.09. The van der Waals surface area contributed by atoms with Crippen LogP contribution in [-0.2, 0) is 30.4 Å². The molecule has 8 nitrogen and oxygen atoms in total. The second kappa shape index (κ2) is 11.3. The SMILES string of the molecule is NC(=O)c1cc(-c2cccnc2CC(NC(=O)Cn2nc(C(F)(F)F)c3c2C(=O)CC3)c2cc(F)cc(F)c2)ccc1F. The van der Waals surface area contributed by atoms with Crippen molar-refractivity contribution in [3.8, 4) is 11.1 Å². The van der Waals surface area contributed by atoms with E-state index in [1.54, 1.807) is 12.1 Å². The Bertz CT molecular complexity index is 1750. The molecule has 0 radical (unpaired) electrons. The number of aromatic nitrogens is 3. The second-order valence-corrected chi connectivity index (χ2v) is 9.84. The number of hydrogen-bond acceptors (Lipinski definition) is 5. The average Bonchev–Trinajstić information content (AvgIpc) is 3.48. The van der Waals surface area contributed by atoms with Gasteiger partial charge < -0.3 is 11.1 Å². The fourth-order valence-electron chi connectivity index (χ4n) is 5.09.